The third kappa shape index (κ3) is 4.06. The zero-order valence-corrected chi connectivity index (χ0v) is 15.7. The van der Waals surface area contributed by atoms with E-state index in [-0.39, 0.29) is 17.6 Å². The Hall–Kier alpha value is -1.63. The first-order valence-corrected chi connectivity index (χ1v) is 8.77. The van der Waals surface area contributed by atoms with E-state index in [0.717, 1.165) is 16.9 Å². The number of halogens is 2. The molecule has 8 heteroatoms. The van der Waals surface area contributed by atoms with Crippen LogP contribution in [0.3, 0.4) is 0 Å². The van der Waals surface area contributed by atoms with Gasteiger partial charge in [-0.25, -0.2) is 0 Å². The van der Waals surface area contributed by atoms with Gasteiger partial charge in [0.25, 0.3) is 11.6 Å². The first-order valence-electron chi connectivity index (χ1n) is 7.20. The van der Waals surface area contributed by atoms with Crippen molar-refractivity contribution in [3.05, 3.63) is 59.7 Å². The normalized spacial score (nSPS) is 10.9. The van der Waals surface area contributed by atoms with E-state index in [1.807, 2.05) is 13.8 Å². The van der Waals surface area contributed by atoms with E-state index in [1.165, 1.54) is 6.07 Å². The van der Waals surface area contributed by atoms with Crippen molar-refractivity contribution >= 4 is 46.1 Å². The summed E-state index contributed by atoms with van der Waals surface area (Å²) >= 11 is 13.1. The fourth-order valence-electron chi connectivity index (χ4n) is 2.22. The lowest BCUT2D eigenvalue weighted by atomic mass is 10.1. The summed E-state index contributed by atoms with van der Waals surface area (Å²) in [4.78, 5) is 25.8. The van der Waals surface area contributed by atoms with E-state index >= 15 is 0 Å². The van der Waals surface area contributed by atoms with Gasteiger partial charge in [-0.1, -0.05) is 29.3 Å². The molecule has 0 saturated heterocycles. The summed E-state index contributed by atoms with van der Waals surface area (Å²) in [6.07, 6.45) is 0. The molecule has 0 bridgehead atoms. The Labute approximate surface area is 153 Å². The molecular weight excluding hydrogens is 371 g/mol. The van der Waals surface area contributed by atoms with Gasteiger partial charge in [0.2, 0.25) is 0 Å². The number of nitrogens with zero attached hydrogens (tertiary/aromatic N) is 2. The molecule has 1 aromatic carbocycles. The van der Waals surface area contributed by atoms with Crippen molar-refractivity contribution in [3.8, 4) is 0 Å². The Morgan fingerprint density at radius 2 is 1.96 bits per heavy atom. The fourth-order valence-corrected chi connectivity index (χ4v) is 3.49. The first kappa shape index (κ1) is 18.7. The smallest absolute Gasteiger partial charge is 0.283 e. The number of hydrogen-bond donors (Lipinski definition) is 0. The van der Waals surface area contributed by atoms with Crippen LogP contribution in [0.15, 0.2) is 24.3 Å². The van der Waals surface area contributed by atoms with Crippen LogP contribution >= 0.6 is 34.5 Å². The molecule has 0 saturated carbocycles. The average molecular weight is 387 g/mol. The Morgan fingerprint density at radius 1 is 1.29 bits per heavy atom. The van der Waals surface area contributed by atoms with Crippen molar-refractivity contribution in [1.82, 2.24) is 4.90 Å². The van der Waals surface area contributed by atoms with Crippen LogP contribution in [0.25, 0.3) is 0 Å². The molecular formula is C16H16Cl2N2O3S. The second-order valence-electron chi connectivity index (χ2n) is 5.58. The molecule has 0 radical (unpaired) electrons. The van der Waals surface area contributed by atoms with E-state index in [9.17, 15) is 14.9 Å². The number of carbonyl (C=O) groups excluding carboxylic acids is 1. The summed E-state index contributed by atoms with van der Waals surface area (Å²) < 4.78 is 0. The van der Waals surface area contributed by atoms with Crippen LogP contribution in [0.1, 0.15) is 34.0 Å². The fraction of sp³-hybridized carbons (Fsp3) is 0.312. The van der Waals surface area contributed by atoms with Gasteiger partial charge in [0.05, 0.1) is 24.7 Å². The van der Waals surface area contributed by atoms with Crippen molar-refractivity contribution in [2.45, 2.75) is 33.4 Å². The van der Waals surface area contributed by atoms with Gasteiger partial charge < -0.3 is 4.90 Å². The zero-order chi connectivity index (χ0) is 18.0. The van der Waals surface area contributed by atoms with Crippen molar-refractivity contribution < 1.29 is 9.72 Å². The van der Waals surface area contributed by atoms with E-state index in [2.05, 4.69) is 0 Å². The molecule has 24 heavy (non-hydrogen) atoms. The molecule has 0 aliphatic rings. The van der Waals surface area contributed by atoms with Crippen molar-refractivity contribution in [1.29, 1.82) is 0 Å². The number of nitro groups is 1. The topological polar surface area (TPSA) is 63.5 Å². The second-order valence-corrected chi connectivity index (χ2v) is 7.66. The maximum absolute atomic E-state index is 12.8. The molecule has 128 valence electrons. The van der Waals surface area contributed by atoms with Crippen molar-refractivity contribution in [2.24, 2.45) is 0 Å². The molecule has 0 aliphatic carbocycles. The number of benzene rings is 1. The highest BCUT2D eigenvalue weighted by atomic mass is 35.5. The van der Waals surface area contributed by atoms with Crippen LogP contribution in [0, 0.1) is 17.0 Å². The number of carbonyl (C=O) groups is 1. The van der Waals surface area contributed by atoms with E-state index in [0.29, 0.717) is 26.3 Å². The Morgan fingerprint density at radius 3 is 2.46 bits per heavy atom. The third-order valence-corrected chi connectivity index (χ3v) is 5.29. The third-order valence-electron chi connectivity index (χ3n) is 3.52. The van der Waals surface area contributed by atoms with Gasteiger partial charge in [-0.05, 0) is 38.5 Å². The molecule has 0 aliphatic heterocycles. The minimum absolute atomic E-state index is 0.0263. The number of thiophene rings is 1. The predicted octanol–water partition coefficient (Wildman–Crippen LogP) is 5.32. The number of hydrogen-bond acceptors (Lipinski definition) is 4. The predicted molar refractivity (Wildman–Crippen MR) is 97.2 cm³/mol. The lowest BCUT2D eigenvalue weighted by Gasteiger charge is -2.26. The molecule has 1 amide bonds. The van der Waals surface area contributed by atoms with Crippen molar-refractivity contribution in [2.75, 3.05) is 0 Å². The Balaban J connectivity index is 2.29. The van der Waals surface area contributed by atoms with Crippen LogP contribution in [0.5, 0.6) is 0 Å². The van der Waals surface area contributed by atoms with Gasteiger partial charge in [0, 0.05) is 18.7 Å². The highest BCUT2D eigenvalue weighted by Crippen LogP contribution is 2.30. The minimum atomic E-state index is -0.471. The number of amides is 1. The second kappa shape index (κ2) is 7.51. The quantitative estimate of drug-likeness (QED) is 0.515. The zero-order valence-electron chi connectivity index (χ0n) is 13.4. The average Bonchev–Trinajstić information content (AvgIpc) is 2.89. The van der Waals surface area contributed by atoms with Gasteiger partial charge in [0.15, 0.2) is 0 Å². The first-order chi connectivity index (χ1) is 11.2. The molecule has 2 aromatic rings. The van der Waals surface area contributed by atoms with Gasteiger partial charge in [0.1, 0.15) is 0 Å². The summed E-state index contributed by atoms with van der Waals surface area (Å²) in [7, 11) is 0. The summed E-state index contributed by atoms with van der Waals surface area (Å²) in [5, 5.41) is 11.9. The van der Waals surface area contributed by atoms with Gasteiger partial charge >= 0.3 is 0 Å². The van der Waals surface area contributed by atoms with Crippen LogP contribution in [0.2, 0.25) is 10.0 Å². The number of aryl methyl sites for hydroxylation is 1. The van der Waals surface area contributed by atoms with E-state index in [4.69, 9.17) is 23.2 Å². The van der Waals surface area contributed by atoms with Crippen LogP contribution in [0.4, 0.5) is 5.69 Å². The van der Waals surface area contributed by atoms with Crippen LogP contribution < -0.4 is 0 Å². The molecule has 0 unspecified atom stereocenters. The van der Waals surface area contributed by atoms with Gasteiger partial charge in [-0.2, -0.15) is 0 Å². The summed E-state index contributed by atoms with van der Waals surface area (Å²) in [6, 6.07) is 6.47. The maximum Gasteiger partial charge on any atom is 0.283 e. The largest absolute Gasteiger partial charge is 0.331 e. The molecule has 2 rings (SSSR count). The monoisotopic (exact) mass is 386 g/mol. The Kier molecular flexibility index (Phi) is 5.85. The standard InChI is InChI=1S/C16H16Cl2N2O3S/c1-9(2)19(8-11-4-5-12(17)13(18)6-11)16(21)15-7-14(20(22)23)10(3)24-15/h4-7,9H,8H2,1-3H3. The highest BCUT2D eigenvalue weighted by Gasteiger charge is 2.25. The van der Waals surface area contributed by atoms with E-state index in [1.54, 1.807) is 30.0 Å². The molecule has 0 spiro atoms. The van der Waals surface area contributed by atoms with E-state index < -0.39 is 4.92 Å². The van der Waals surface area contributed by atoms with Crippen LogP contribution in [-0.4, -0.2) is 21.8 Å². The van der Waals surface area contributed by atoms with Crippen molar-refractivity contribution in [3.63, 3.8) is 0 Å². The van der Waals surface area contributed by atoms with Gasteiger partial charge in [-0.3, -0.25) is 14.9 Å². The molecule has 0 fully saturated rings. The lowest BCUT2D eigenvalue weighted by Crippen LogP contribution is -2.36. The number of rotatable bonds is 5. The SMILES string of the molecule is Cc1sc(C(=O)N(Cc2ccc(Cl)c(Cl)c2)C(C)C)cc1[N+](=O)[O-]. The molecule has 1 heterocycles. The minimum Gasteiger partial charge on any atom is -0.331 e. The van der Waals surface area contributed by atoms with Gasteiger partial charge in [-0.15, -0.1) is 11.3 Å². The van der Waals surface area contributed by atoms with Crippen LogP contribution in [-0.2, 0) is 6.54 Å². The summed E-state index contributed by atoms with van der Waals surface area (Å²) in [5.41, 5.74) is 0.816. The molecule has 5 nitrogen and oxygen atoms in total. The lowest BCUT2D eigenvalue weighted by molar-refractivity contribution is -0.385. The highest BCUT2D eigenvalue weighted by molar-refractivity contribution is 7.14. The maximum atomic E-state index is 12.8. The molecule has 0 N–H and O–H groups in total. The summed E-state index contributed by atoms with van der Waals surface area (Å²) in [6.45, 7) is 5.77. The summed E-state index contributed by atoms with van der Waals surface area (Å²) in [5.74, 6) is -0.239. The Bertz CT molecular complexity index is 790. The molecule has 1 aromatic heterocycles. The molecule has 0 atom stereocenters.